The molecule has 0 aliphatic heterocycles. The molecule has 3 aromatic rings. The van der Waals surface area contributed by atoms with E-state index in [9.17, 15) is 9.18 Å². The number of carbonyl (C=O) groups excluding carboxylic acids is 1. The second kappa shape index (κ2) is 8.14. The Morgan fingerprint density at radius 2 is 2.04 bits per heavy atom. The average molecular weight is 399 g/mol. The van der Waals surface area contributed by atoms with Crippen LogP contribution in [0, 0.1) is 5.82 Å². The van der Waals surface area contributed by atoms with E-state index in [0.717, 1.165) is 21.3 Å². The van der Waals surface area contributed by atoms with Gasteiger partial charge in [0.15, 0.2) is 5.65 Å². The Hall–Kier alpha value is -2.67. The lowest BCUT2D eigenvalue weighted by Gasteiger charge is -2.16. The second-order valence-electron chi connectivity index (χ2n) is 7.24. The van der Waals surface area contributed by atoms with Crippen molar-refractivity contribution in [3.63, 3.8) is 0 Å². The average Bonchev–Trinajstić information content (AvgIpc) is 3.05. The molecule has 7 heteroatoms. The van der Waals surface area contributed by atoms with E-state index in [1.165, 1.54) is 30.0 Å². The van der Waals surface area contributed by atoms with E-state index < -0.39 is 5.97 Å². The van der Waals surface area contributed by atoms with Crippen molar-refractivity contribution in [3.05, 3.63) is 59.8 Å². The number of esters is 1. The molecule has 3 rings (SSSR count). The van der Waals surface area contributed by atoms with Crippen LogP contribution in [-0.4, -0.2) is 27.2 Å². The van der Waals surface area contributed by atoms with Gasteiger partial charge in [0.2, 0.25) is 0 Å². The molecule has 0 aliphatic carbocycles. The van der Waals surface area contributed by atoms with Gasteiger partial charge in [-0.25, -0.2) is 9.18 Å². The first-order chi connectivity index (χ1) is 13.3. The van der Waals surface area contributed by atoms with E-state index in [2.05, 4.69) is 31.0 Å². The Morgan fingerprint density at radius 1 is 1.25 bits per heavy atom. The van der Waals surface area contributed by atoms with Crippen molar-refractivity contribution in [2.75, 3.05) is 6.61 Å². The number of halogens is 1. The number of benzene rings is 1. The third-order valence-corrected chi connectivity index (χ3v) is 5.00. The lowest BCUT2D eigenvalue weighted by atomic mass is 9.96. The smallest absolute Gasteiger partial charge is 0.330 e. The second-order valence-corrected chi connectivity index (χ2v) is 8.35. The molecule has 5 nitrogen and oxygen atoms in total. The first-order valence-electron chi connectivity index (χ1n) is 8.95. The van der Waals surface area contributed by atoms with Crippen LogP contribution < -0.4 is 0 Å². The van der Waals surface area contributed by atoms with E-state index in [0.29, 0.717) is 12.2 Å². The van der Waals surface area contributed by atoms with E-state index in [1.54, 1.807) is 19.1 Å². The number of rotatable bonds is 5. The summed E-state index contributed by atoms with van der Waals surface area (Å²) in [6, 6.07) is 8.36. The quantitative estimate of drug-likeness (QED) is 0.451. The molecule has 2 aromatic heterocycles. The van der Waals surface area contributed by atoms with Crippen LogP contribution in [0.25, 0.3) is 11.7 Å². The Kier molecular flexibility index (Phi) is 5.84. The molecule has 0 N–H and O–H groups in total. The molecule has 0 amide bonds. The monoisotopic (exact) mass is 399 g/mol. The van der Waals surface area contributed by atoms with Crippen molar-refractivity contribution >= 4 is 29.5 Å². The van der Waals surface area contributed by atoms with Gasteiger partial charge in [0.1, 0.15) is 11.6 Å². The molecule has 0 fully saturated rings. The van der Waals surface area contributed by atoms with Crippen LogP contribution in [0.15, 0.2) is 52.4 Å². The molecule has 0 radical (unpaired) electrons. The maximum Gasteiger partial charge on any atom is 0.330 e. The summed E-state index contributed by atoms with van der Waals surface area (Å²) in [5.74, 6) is 0.0482. The number of fused-ring (bicyclic) bond motifs is 1. The van der Waals surface area contributed by atoms with E-state index >= 15 is 0 Å². The van der Waals surface area contributed by atoms with Crippen molar-refractivity contribution in [3.8, 4) is 0 Å². The topological polar surface area (TPSA) is 56.5 Å². The minimum Gasteiger partial charge on any atom is -0.463 e. The van der Waals surface area contributed by atoms with Crippen LogP contribution in [-0.2, 0) is 14.9 Å². The van der Waals surface area contributed by atoms with Crippen LogP contribution in [0.4, 0.5) is 4.39 Å². The first-order valence-corrected chi connectivity index (χ1v) is 9.77. The summed E-state index contributed by atoms with van der Waals surface area (Å²) in [5.41, 5.74) is 1.24. The molecule has 0 saturated carbocycles. The Morgan fingerprint density at radius 3 is 2.75 bits per heavy atom. The van der Waals surface area contributed by atoms with Crippen molar-refractivity contribution in [2.24, 2.45) is 0 Å². The van der Waals surface area contributed by atoms with Gasteiger partial charge in [-0.3, -0.25) is 4.40 Å². The van der Waals surface area contributed by atoms with E-state index in [4.69, 9.17) is 4.74 Å². The predicted molar refractivity (Wildman–Crippen MR) is 108 cm³/mol. The number of ether oxygens (including phenoxy) is 1. The molecule has 0 atom stereocenters. The number of hydrogen-bond acceptors (Lipinski definition) is 5. The first kappa shape index (κ1) is 20.1. The van der Waals surface area contributed by atoms with Crippen LogP contribution in [0.1, 0.15) is 39.1 Å². The Labute approximate surface area is 167 Å². The number of aromatic nitrogens is 3. The van der Waals surface area contributed by atoms with Crippen molar-refractivity contribution < 1.29 is 13.9 Å². The summed E-state index contributed by atoms with van der Waals surface area (Å²) in [6.45, 7) is 8.29. The summed E-state index contributed by atoms with van der Waals surface area (Å²) < 4.78 is 20.6. The fourth-order valence-electron chi connectivity index (χ4n) is 2.66. The standard InChI is InChI=1S/C21H22FN3O2S/c1-5-27-19(26)11-6-14-12-15(22)7-9-17(14)28-16-8-10-18-23-24-20(21(2,3)4)25(18)13-16/h6-13H,5H2,1-4H3. The zero-order valence-corrected chi connectivity index (χ0v) is 17.1. The van der Waals surface area contributed by atoms with Crippen LogP contribution in [0.2, 0.25) is 0 Å². The maximum atomic E-state index is 13.7. The highest BCUT2D eigenvalue weighted by Gasteiger charge is 2.21. The summed E-state index contributed by atoms with van der Waals surface area (Å²) in [7, 11) is 0. The molecule has 146 valence electrons. The third-order valence-electron chi connectivity index (χ3n) is 3.93. The Balaban J connectivity index is 1.94. The summed E-state index contributed by atoms with van der Waals surface area (Å²) in [4.78, 5) is 13.4. The molecule has 0 unspecified atom stereocenters. The normalized spacial score (nSPS) is 12.0. The van der Waals surface area contributed by atoms with Gasteiger partial charge in [-0.1, -0.05) is 32.5 Å². The zero-order chi connectivity index (χ0) is 20.3. The fraction of sp³-hybridized carbons (Fsp3) is 0.286. The van der Waals surface area contributed by atoms with Gasteiger partial charge in [0.05, 0.1) is 6.61 Å². The van der Waals surface area contributed by atoms with Crippen molar-refractivity contribution in [1.82, 2.24) is 14.6 Å². The highest BCUT2D eigenvalue weighted by atomic mass is 32.2. The van der Waals surface area contributed by atoms with Gasteiger partial charge in [0.25, 0.3) is 0 Å². The number of hydrogen-bond donors (Lipinski definition) is 0. The zero-order valence-electron chi connectivity index (χ0n) is 16.3. The SMILES string of the molecule is CCOC(=O)C=Cc1cc(F)ccc1Sc1ccc2nnc(C(C)(C)C)n2c1. The van der Waals surface area contributed by atoms with Gasteiger partial charge in [0, 0.05) is 27.5 Å². The third kappa shape index (κ3) is 4.59. The van der Waals surface area contributed by atoms with E-state index in [-0.39, 0.29) is 11.2 Å². The van der Waals surface area contributed by atoms with Crippen molar-refractivity contribution in [1.29, 1.82) is 0 Å². The molecule has 28 heavy (non-hydrogen) atoms. The van der Waals surface area contributed by atoms with E-state index in [1.807, 2.05) is 22.7 Å². The van der Waals surface area contributed by atoms with Crippen LogP contribution in [0.5, 0.6) is 0 Å². The molecule has 1 aromatic carbocycles. The Bertz CT molecular complexity index is 1040. The predicted octanol–water partition coefficient (Wildman–Crippen LogP) is 4.89. The number of pyridine rings is 1. The fourth-order valence-corrected chi connectivity index (χ4v) is 3.59. The van der Waals surface area contributed by atoms with Gasteiger partial charge < -0.3 is 4.74 Å². The highest BCUT2D eigenvalue weighted by Crippen LogP contribution is 2.32. The minimum atomic E-state index is -0.455. The summed E-state index contributed by atoms with van der Waals surface area (Å²) in [5, 5.41) is 8.52. The molecular weight excluding hydrogens is 377 g/mol. The maximum absolute atomic E-state index is 13.7. The van der Waals surface area contributed by atoms with Crippen LogP contribution >= 0.6 is 11.8 Å². The van der Waals surface area contributed by atoms with Gasteiger partial charge in [-0.05, 0) is 48.9 Å². The molecule has 0 bridgehead atoms. The molecule has 0 saturated heterocycles. The molecular formula is C21H22FN3O2S. The lowest BCUT2D eigenvalue weighted by molar-refractivity contribution is -0.137. The van der Waals surface area contributed by atoms with Crippen LogP contribution in [0.3, 0.4) is 0 Å². The highest BCUT2D eigenvalue weighted by molar-refractivity contribution is 7.99. The largest absolute Gasteiger partial charge is 0.463 e. The van der Waals surface area contributed by atoms with Gasteiger partial charge >= 0.3 is 5.97 Å². The lowest BCUT2D eigenvalue weighted by Crippen LogP contribution is -2.15. The summed E-state index contributed by atoms with van der Waals surface area (Å²) in [6.07, 6.45) is 4.85. The van der Waals surface area contributed by atoms with Crippen molar-refractivity contribution in [2.45, 2.75) is 42.9 Å². The molecule has 2 heterocycles. The summed E-state index contributed by atoms with van der Waals surface area (Å²) >= 11 is 1.48. The molecule has 0 aliphatic rings. The van der Waals surface area contributed by atoms with Gasteiger partial charge in [-0.2, -0.15) is 0 Å². The minimum absolute atomic E-state index is 0.147. The molecule has 0 spiro atoms. The number of nitrogens with zero attached hydrogens (tertiary/aromatic N) is 3. The number of carbonyl (C=O) groups is 1. The van der Waals surface area contributed by atoms with Gasteiger partial charge in [-0.15, -0.1) is 10.2 Å².